The van der Waals surface area contributed by atoms with Gasteiger partial charge in [0.2, 0.25) is 17.7 Å². The van der Waals surface area contributed by atoms with Gasteiger partial charge < -0.3 is 15.1 Å². The average Bonchev–Trinajstić information content (AvgIpc) is 2.66. The summed E-state index contributed by atoms with van der Waals surface area (Å²) in [5.41, 5.74) is 2.38. The predicted molar refractivity (Wildman–Crippen MR) is 111 cm³/mol. The Bertz CT molecular complexity index is 573. The van der Waals surface area contributed by atoms with Gasteiger partial charge in [-0.25, -0.2) is 5.48 Å². The Morgan fingerprint density at radius 1 is 1.14 bits per heavy atom. The lowest BCUT2D eigenvalue weighted by atomic mass is 9.95. The molecule has 8 heteroatoms. The maximum Gasteiger partial charge on any atom is 0.245 e. The average molecular weight is 411 g/mol. The van der Waals surface area contributed by atoms with E-state index in [4.69, 9.17) is 4.84 Å². The van der Waals surface area contributed by atoms with Gasteiger partial charge in [-0.15, -0.1) is 0 Å². The number of hydrogen-bond donors (Lipinski definition) is 2. The van der Waals surface area contributed by atoms with E-state index in [9.17, 15) is 14.4 Å². The molecular weight excluding hydrogens is 372 g/mol. The number of piperazine rings is 1. The van der Waals surface area contributed by atoms with Crippen molar-refractivity contribution in [3.8, 4) is 0 Å². The SMILES string of the molecule is CC(=O)NOC1CCN(C(=O)[C@H](CC(C)C)N2CCN[C@@H](CC(C)C)C2=O)CC1. The molecule has 3 amide bonds. The molecule has 2 atom stereocenters. The number of amides is 3. The fourth-order valence-corrected chi connectivity index (χ4v) is 4.10. The minimum absolute atomic E-state index is 0.0372. The molecule has 2 aliphatic rings. The molecule has 0 aliphatic carbocycles. The summed E-state index contributed by atoms with van der Waals surface area (Å²) in [5, 5.41) is 3.32. The molecule has 166 valence electrons. The lowest BCUT2D eigenvalue weighted by Crippen LogP contribution is -2.62. The van der Waals surface area contributed by atoms with Crippen LogP contribution in [-0.4, -0.2) is 71.9 Å². The van der Waals surface area contributed by atoms with Gasteiger partial charge in [0.05, 0.1) is 12.1 Å². The van der Waals surface area contributed by atoms with E-state index in [2.05, 4.69) is 38.5 Å². The first-order valence-electron chi connectivity index (χ1n) is 10.9. The van der Waals surface area contributed by atoms with E-state index in [1.54, 1.807) is 0 Å². The number of hydrogen-bond acceptors (Lipinski definition) is 5. The highest BCUT2D eigenvalue weighted by Crippen LogP contribution is 2.22. The van der Waals surface area contributed by atoms with Crippen LogP contribution in [0.2, 0.25) is 0 Å². The van der Waals surface area contributed by atoms with Gasteiger partial charge >= 0.3 is 0 Å². The maximum atomic E-state index is 13.4. The lowest BCUT2D eigenvalue weighted by Gasteiger charge is -2.42. The summed E-state index contributed by atoms with van der Waals surface area (Å²) in [6.07, 6.45) is 2.71. The summed E-state index contributed by atoms with van der Waals surface area (Å²) in [5.74, 6) is 0.589. The summed E-state index contributed by atoms with van der Waals surface area (Å²) in [4.78, 5) is 46.5. The van der Waals surface area contributed by atoms with Crippen LogP contribution in [0.4, 0.5) is 0 Å². The first kappa shape index (κ1) is 23.6. The number of carbonyl (C=O) groups excluding carboxylic acids is 3. The van der Waals surface area contributed by atoms with Gasteiger partial charge in [0.15, 0.2) is 0 Å². The summed E-state index contributed by atoms with van der Waals surface area (Å²) in [6, 6.07) is -0.616. The third-order valence-electron chi connectivity index (χ3n) is 5.51. The van der Waals surface area contributed by atoms with Crippen molar-refractivity contribution < 1.29 is 19.2 Å². The molecule has 2 saturated heterocycles. The van der Waals surface area contributed by atoms with E-state index in [1.807, 2.05) is 9.80 Å². The fourth-order valence-electron chi connectivity index (χ4n) is 4.10. The van der Waals surface area contributed by atoms with Crippen molar-refractivity contribution in [1.82, 2.24) is 20.6 Å². The smallest absolute Gasteiger partial charge is 0.245 e. The highest BCUT2D eigenvalue weighted by atomic mass is 16.7. The standard InChI is InChI=1S/C21H38N4O4/c1-14(2)12-18-20(27)25(11-8-22-18)19(13-15(3)4)21(28)24-9-6-17(7-10-24)29-23-16(5)26/h14-15,17-19,22H,6-13H2,1-5H3,(H,23,26)/t18-,19-/m0/s1. The number of likely N-dealkylation sites (tertiary alicyclic amines) is 1. The number of piperidine rings is 1. The molecule has 0 spiro atoms. The van der Waals surface area contributed by atoms with E-state index >= 15 is 0 Å². The van der Waals surface area contributed by atoms with Gasteiger partial charge in [-0.05, 0) is 37.5 Å². The molecule has 2 fully saturated rings. The molecule has 0 aromatic heterocycles. The van der Waals surface area contributed by atoms with E-state index in [0.717, 1.165) is 13.0 Å². The second-order valence-corrected chi connectivity index (χ2v) is 9.11. The quantitative estimate of drug-likeness (QED) is 0.589. The van der Waals surface area contributed by atoms with E-state index < -0.39 is 6.04 Å². The largest absolute Gasteiger partial charge is 0.341 e. The lowest BCUT2D eigenvalue weighted by molar-refractivity contribution is -0.152. The molecule has 29 heavy (non-hydrogen) atoms. The number of nitrogens with zero attached hydrogens (tertiary/aromatic N) is 2. The molecule has 0 unspecified atom stereocenters. The monoisotopic (exact) mass is 410 g/mol. The van der Waals surface area contributed by atoms with Crippen LogP contribution in [0.5, 0.6) is 0 Å². The fraction of sp³-hybridized carbons (Fsp3) is 0.857. The number of hydroxylamine groups is 1. The van der Waals surface area contributed by atoms with Gasteiger partial charge in [-0.2, -0.15) is 0 Å². The summed E-state index contributed by atoms with van der Waals surface area (Å²) >= 11 is 0. The van der Waals surface area contributed by atoms with E-state index in [0.29, 0.717) is 50.7 Å². The maximum absolute atomic E-state index is 13.4. The van der Waals surface area contributed by atoms with Crippen molar-refractivity contribution in [1.29, 1.82) is 0 Å². The molecule has 2 heterocycles. The van der Waals surface area contributed by atoms with Crippen molar-refractivity contribution in [2.24, 2.45) is 11.8 Å². The van der Waals surface area contributed by atoms with Crippen LogP contribution in [0.15, 0.2) is 0 Å². The van der Waals surface area contributed by atoms with Crippen LogP contribution in [0.3, 0.4) is 0 Å². The minimum Gasteiger partial charge on any atom is -0.341 e. The van der Waals surface area contributed by atoms with Gasteiger partial charge in [-0.3, -0.25) is 19.2 Å². The summed E-state index contributed by atoms with van der Waals surface area (Å²) < 4.78 is 0. The molecular formula is C21H38N4O4. The molecule has 0 radical (unpaired) electrons. The Hall–Kier alpha value is -1.67. The highest BCUT2D eigenvalue weighted by molar-refractivity contribution is 5.90. The van der Waals surface area contributed by atoms with Crippen LogP contribution < -0.4 is 10.8 Å². The predicted octanol–water partition coefficient (Wildman–Crippen LogP) is 1.31. The molecule has 0 bridgehead atoms. The Kier molecular flexibility index (Phi) is 8.89. The molecule has 8 nitrogen and oxygen atoms in total. The van der Waals surface area contributed by atoms with Crippen molar-refractivity contribution in [3.05, 3.63) is 0 Å². The molecule has 0 aromatic carbocycles. The topological polar surface area (TPSA) is 91.0 Å². The van der Waals surface area contributed by atoms with Gasteiger partial charge in [0.1, 0.15) is 6.04 Å². The van der Waals surface area contributed by atoms with Gasteiger partial charge in [0, 0.05) is 33.1 Å². The second-order valence-electron chi connectivity index (χ2n) is 9.11. The van der Waals surface area contributed by atoms with E-state index in [1.165, 1.54) is 6.92 Å². The highest BCUT2D eigenvalue weighted by Gasteiger charge is 2.39. The number of carbonyl (C=O) groups is 3. The Balaban J connectivity index is 2.03. The Labute approximate surface area is 174 Å². The van der Waals surface area contributed by atoms with Crippen molar-refractivity contribution in [2.75, 3.05) is 26.2 Å². The second kappa shape index (κ2) is 10.9. The molecule has 2 N–H and O–H groups in total. The number of nitrogens with one attached hydrogen (secondary N) is 2. The molecule has 0 saturated carbocycles. The molecule has 2 aliphatic heterocycles. The number of rotatable bonds is 8. The van der Waals surface area contributed by atoms with Crippen LogP contribution in [0, 0.1) is 11.8 Å². The zero-order chi connectivity index (χ0) is 21.6. The van der Waals surface area contributed by atoms with Crippen molar-refractivity contribution in [3.63, 3.8) is 0 Å². The van der Waals surface area contributed by atoms with E-state index in [-0.39, 0.29) is 29.9 Å². The van der Waals surface area contributed by atoms with Crippen LogP contribution >= 0.6 is 0 Å². The minimum atomic E-state index is -0.410. The first-order valence-corrected chi connectivity index (χ1v) is 10.9. The zero-order valence-electron chi connectivity index (χ0n) is 18.6. The third kappa shape index (κ3) is 6.96. The zero-order valence-corrected chi connectivity index (χ0v) is 18.6. The Morgan fingerprint density at radius 2 is 1.79 bits per heavy atom. The van der Waals surface area contributed by atoms with Crippen molar-refractivity contribution >= 4 is 17.7 Å². The normalized spacial score (nSPS) is 22.3. The van der Waals surface area contributed by atoms with Crippen molar-refractivity contribution in [2.45, 2.75) is 78.5 Å². The first-order chi connectivity index (χ1) is 13.7. The van der Waals surface area contributed by atoms with Gasteiger partial charge in [-0.1, -0.05) is 27.7 Å². The van der Waals surface area contributed by atoms with Crippen LogP contribution in [0.1, 0.15) is 60.3 Å². The Morgan fingerprint density at radius 3 is 2.34 bits per heavy atom. The third-order valence-corrected chi connectivity index (χ3v) is 5.51. The van der Waals surface area contributed by atoms with Crippen LogP contribution in [0.25, 0.3) is 0 Å². The van der Waals surface area contributed by atoms with Crippen LogP contribution in [-0.2, 0) is 19.2 Å². The summed E-state index contributed by atoms with van der Waals surface area (Å²) in [7, 11) is 0. The van der Waals surface area contributed by atoms with Gasteiger partial charge in [0.25, 0.3) is 0 Å². The molecule has 2 rings (SSSR count). The molecule has 0 aromatic rings. The summed E-state index contributed by atoms with van der Waals surface area (Å²) in [6.45, 7) is 12.2.